The van der Waals surface area contributed by atoms with Crippen LogP contribution in [0.4, 0.5) is 0 Å². The van der Waals surface area contributed by atoms with E-state index < -0.39 is 0 Å². The van der Waals surface area contributed by atoms with Crippen molar-refractivity contribution >= 4 is 0 Å². The molecule has 0 amide bonds. The number of hydrogen-bond donors (Lipinski definition) is 0. The molecule has 1 aliphatic rings. The average molecular weight is 311 g/mol. The second-order valence-corrected chi connectivity index (χ2v) is 6.07. The Balaban J connectivity index is 1.50. The van der Waals surface area contributed by atoms with E-state index in [9.17, 15) is 0 Å². The summed E-state index contributed by atoms with van der Waals surface area (Å²) in [4.78, 5) is 2.47. The Kier molecular flexibility index (Phi) is 5.54. The summed E-state index contributed by atoms with van der Waals surface area (Å²) in [5.74, 6) is 1.86. The van der Waals surface area contributed by atoms with Crippen molar-refractivity contribution in [2.45, 2.75) is 19.3 Å². The summed E-state index contributed by atoms with van der Waals surface area (Å²) in [6, 6.07) is 16.6. The normalized spacial score (nSPS) is 14.8. The van der Waals surface area contributed by atoms with Crippen LogP contribution in [0.5, 0.6) is 11.5 Å². The molecule has 122 valence electrons. The van der Waals surface area contributed by atoms with Gasteiger partial charge in [-0.3, -0.25) is 4.90 Å². The molecule has 0 aliphatic carbocycles. The Morgan fingerprint density at radius 1 is 0.913 bits per heavy atom. The first kappa shape index (κ1) is 15.9. The molecule has 3 nitrogen and oxygen atoms in total. The highest BCUT2D eigenvalue weighted by Gasteiger charge is 2.10. The maximum absolute atomic E-state index is 5.85. The number of nitrogens with zero attached hydrogens (tertiary/aromatic N) is 1. The van der Waals surface area contributed by atoms with E-state index in [0.717, 1.165) is 31.1 Å². The predicted octanol–water partition coefficient (Wildman–Crippen LogP) is 3.76. The smallest absolute Gasteiger partial charge is 0.119 e. The molecule has 0 bridgehead atoms. The number of ether oxygens (including phenoxy) is 2. The Morgan fingerprint density at radius 3 is 2.43 bits per heavy atom. The molecular formula is C20H25NO2. The van der Waals surface area contributed by atoms with Gasteiger partial charge in [-0.05, 0) is 67.7 Å². The molecule has 23 heavy (non-hydrogen) atoms. The third-order valence-electron chi connectivity index (χ3n) is 4.34. The molecule has 2 aromatic carbocycles. The Bertz CT molecular complexity index is 603. The molecule has 1 fully saturated rings. The number of hydrogen-bond acceptors (Lipinski definition) is 3. The van der Waals surface area contributed by atoms with Crippen molar-refractivity contribution in [2.24, 2.45) is 0 Å². The summed E-state index contributed by atoms with van der Waals surface area (Å²) in [6.45, 7) is 4.26. The highest BCUT2D eigenvalue weighted by Crippen LogP contribution is 2.18. The average Bonchev–Trinajstić information content (AvgIpc) is 3.10. The van der Waals surface area contributed by atoms with Crippen molar-refractivity contribution in [1.29, 1.82) is 0 Å². The maximum Gasteiger partial charge on any atom is 0.119 e. The van der Waals surface area contributed by atoms with Crippen LogP contribution in [0.2, 0.25) is 0 Å². The minimum Gasteiger partial charge on any atom is -0.497 e. The van der Waals surface area contributed by atoms with Crippen LogP contribution in [0, 0.1) is 0 Å². The van der Waals surface area contributed by atoms with Gasteiger partial charge in [0.05, 0.1) is 7.11 Å². The van der Waals surface area contributed by atoms with E-state index in [0.29, 0.717) is 0 Å². The Labute approximate surface area is 138 Å². The lowest BCUT2D eigenvalue weighted by molar-refractivity contribution is 0.238. The first-order chi connectivity index (χ1) is 11.3. The third kappa shape index (κ3) is 4.73. The minimum atomic E-state index is 0.773. The highest BCUT2D eigenvalue weighted by atomic mass is 16.5. The van der Waals surface area contributed by atoms with Gasteiger partial charge < -0.3 is 9.47 Å². The second-order valence-electron chi connectivity index (χ2n) is 6.07. The van der Waals surface area contributed by atoms with Crippen molar-refractivity contribution in [1.82, 2.24) is 4.90 Å². The highest BCUT2D eigenvalue weighted by molar-refractivity contribution is 5.34. The molecule has 0 saturated carbocycles. The van der Waals surface area contributed by atoms with Crippen LogP contribution < -0.4 is 9.47 Å². The molecule has 0 unspecified atom stereocenters. The number of benzene rings is 2. The lowest BCUT2D eigenvalue weighted by atomic mass is 10.0. The maximum atomic E-state index is 5.85. The number of methoxy groups -OCH3 is 1. The zero-order valence-electron chi connectivity index (χ0n) is 13.8. The Morgan fingerprint density at radius 2 is 1.70 bits per heavy atom. The summed E-state index contributed by atoms with van der Waals surface area (Å²) >= 11 is 0. The van der Waals surface area contributed by atoms with Crippen LogP contribution in [0.25, 0.3) is 0 Å². The van der Waals surface area contributed by atoms with Gasteiger partial charge in [-0.2, -0.15) is 0 Å². The van der Waals surface area contributed by atoms with Crippen molar-refractivity contribution < 1.29 is 9.47 Å². The lowest BCUT2D eigenvalue weighted by Crippen LogP contribution is -2.25. The van der Waals surface area contributed by atoms with E-state index in [1.807, 2.05) is 12.1 Å². The first-order valence-electron chi connectivity index (χ1n) is 8.40. The Hall–Kier alpha value is -2.00. The van der Waals surface area contributed by atoms with E-state index in [2.05, 4.69) is 41.3 Å². The lowest BCUT2D eigenvalue weighted by Gasteiger charge is -2.15. The summed E-state index contributed by atoms with van der Waals surface area (Å²) in [6.07, 6.45) is 3.57. The van der Waals surface area contributed by atoms with Crippen molar-refractivity contribution in [3.05, 3.63) is 59.7 Å². The largest absolute Gasteiger partial charge is 0.497 e. The van der Waals surface area contributed by atoms with Gasteiger partial charge in [0.15, 0.2) is 0 Å². The minimum absolute atomic E-state index is 0.773. The van der Waals surface area contributed by atoms with Gasteiger partial charge in [0.2, 0.25) is 0 Å². The molecule has 0 aromatic heterocycles. The van der Waals surface area contributed by atoms with E-state index in [4.69, 9.17) is 9.47 Å². The SMILES string of the molecule is COc1cccc(Cc2ccc(OCCN3CCCC3)cc2)c1. The molecule has 3 rings (SSSR count). The zero-order valence-corrected chi connectivity index (χ0v) is 13.8. The fourth-order valence-corrected chi connectivity index (χ4v) is 3.02. The van der Waals surface area contributed by atoms with Crippen molar-refractivity contribution in [2.75, 3.05) is 33.4 Å². The van der Waals surface area contributed by atoms with Crippen molar-refractivity contribution in [3.63, 3.8) is 0 Å². The molecule has 3 heteroatoms. The van der Waals surface area contributed by atoms with Gasteiger partial charge in [0, 0.05) is 6.54 Å². The van der Waals surface area contributed by atoms with Gasteiger partial charge in [0.25, 0.3) is 0 Å². The number of likely N-dealkylation sites (tertiary alicyclic amines) is 1. The van der Waals surface area contributed by atoms with Crippen LogP contribution in [-0.4, -0.2) is 38.3 Å². The van der Waals surface area contributed by atoms with Crippen molar-refractivity contribution in [3.8, 4) is 11.5 Å². The van der Waals surface area contributed by atoms with Gasteiger partial charge >= 0.3 is 0 Å². The molecule has 0 spiro atoms. The summed E-state index contributed by atoms with van der Waals surface area (Å²) < 4.78 is 11.1. The third-order valence-corrected chi connectivity index (χ3v) is 4.34. The summed E-state index contributed by atoms with van der Waals surface area (Å²) in [5, 5.41) is 0. The number of rotatable bonds is 7. The van der Waals surface area contributed by atoms with Crippen LogP contribution in [0.3, 0.4) is 0 Å². The van der Waals surface area contributed by atoms with Gasteiger partial charge in [-0.25, -0.2) is 0 Å². The predicted molar refractivity (Wildman–Crippen MR) is 93.4 cm³/mol. The van der Waals surface area contributed by atoms with Crippen LogP contribution in [0.1, 0.15) is 24.0 Å². The standard InChI is InChI=1S/C20H25NO2/c1-22-20-6-4-5-18(16-20)15-17-7-9-19(10-8-17)23-14-13-21-11-2-3-12-21/h4-10,16H,2-3,11-15H2,1H3. The quantitative estimate of drug-likeness (QED) is 0.777. The summed E-state index contributed by atoms with van der Waals surface area (Å²) in [5.41, 5.74) is 2.54. The topological polar surface area (TPSA) is 21.7 Å². The van der Waals surface area contributed by atoms with E-state index >= 15 is 0 Å². The van der Waals surface area contributed by atoms with Crippen LogP contribution >= 0.6 is 0 Å². The zero-order chi connectivity index (χ0) is 15.9. The molecule has 1 heterocycles. The molecule has 0 N–H and O–H groups in total. The molecule has 1 saturated heterocycles. The molecule has 0 radical (unpaired) electrons. The molecule has 1 aliphatic heterocycles. The monoisotopic (exact) mass is 311 g/mol. The van der Waals surface area contributed by atoms with Gasteiger partial charge in [0.1, 0.15) is 18.1 Å². The molecule has 2 aromatic rings. The summed E-state index contributed by atoms with van der Waals surface area (Å²) in [7, 11) is 1.70. The van der Waals surface area contributed by atoms with Gasteiger partial charge in [-0.15, -0.1) is 0 Å². The van der Waals surface area contributed by atoms with Gasteiger partial charge in [-0.1, -0.05) is 24.3 Å². The van der Waals surface area contributed by atoms with E-state index in [1.165, 1.54) is 37.1 Å². The fraction of sp³-hybridized carbons (Fsp3) is 0.400. The van der Waals surface area contributed by atoms with E-state index in [-0.39, 0.29) is 0 Å². The molecular weight excluding hydrogens is 286 g/mol. The van der Waals surface area contributed by atoms with E-state index in [1.54, 1.807) is 7.11 Å². The fourth-order valence-electron chi connectivity index (χ4n) is 3.02. The first-order valence-corrected chi connectivity index (χ1v) is 8.40. The van der Waals surface area contributed by atoms with Crippen LogP contribution in [-0.2, 0) is 6.42 Å². The van der Waals surface area contributed by atoms with Crippen LogP contribution in [0.15, 0.2) is 48.5 Å². The second kappa shape index (κ2) is 8.02. The molecule has 0 atom stereocenters.